The summed E-state index contributed by atoms with van der Waals surface area (Å²) >= 11 is 0. The molecule has 1 aliphatic carbocycles. The van der Waals surface area contributed by atoms with Gasteiger partial charge in [0.15, 0.2) is 5.78 Å². The van der Waals surface area contributed by atoms with Gasteiger partial charge in [0.2, 0.25) is 0 Å². The smallest absolute Gasteiger partial charge is 0.178 e. The van der Waals surface area contributed by atoms with Gasteiger partial charge in [-0.1, -0.05) is 6.08 Å². The molecule has 0 aromatic carbocycles. The molecule has 0 aromatic rings. The minimum Gasteiger partial charge on any atom is -0.357 e. The van der Waals surface area contributed by atoms with Crippen LogP contribution in [0.5, 0.6) is 0 Å². The summed E-state index contributed by atoms with van der Waals surface area (Å²) < 4.78 is 0. The van der Waals surface area contributed by atoms with E-state index in [1.54, 1.807) is 12.2 Å². The van der Waals surface area contributed by atoms with Crippen LogP contribution >= 0.6 is 0 Å². The maximum absolute atomic E-state index is 11.1. The highest BCUT2D eigenvalue weighted by Gasteiger charge is 2.09. The summed E-state index contributed by atoms with van der Waals surface area (Å²) in [4.78, 5) is 13.1. The lowest BCUT2D eigenvalue weighted by Gasteiger charge is -2.16. The van der Waals surface area contributed by atoms with Crippen LogP contribution in [-0.2, 0) is 4.79 Å². The number of carbonyl (C=O) groups excluding carboxylic acids is 1. The minimum atomic E-state index is 0.0673. The van der Waals surface area contributed by atoms with Crippen LogP contribution in [0.15, 0.2) is 59.5 Å². The molecule has 0 amide bonds. The van der Waals surface area contributed by atoms with Gasteiger partial charge in [0.25, 0.3) is 0 Å². The van der Waals surface area contributed by atoms with Crippen molar-refractivity contribution in [3.8, 4) is 0 Å². The molecule has 1 aliphatic heterocycles. The summed E-state index contributed by atoms with van der Waals surface area (Å²) in [6.07, 6.45) is 13.3. The van der Waals surface area contributed by atoms with Crippen molar-refractivity contribution in [2.45, 2.75) is 6.92 Å². The molecule has 76 valence electrons. The van der Waals surface area contributed by atoms with Crippen LogP contribution in [0, 0.1) is 0 Å². The topological polar surface area (TPSA) is 20.3 Å². The Labute approximate surface area is 89.6 Å². The van der Waals surface area contributed by atoms with Crippen molar-refractivity contribution in [3.63, 3.8) is 0 Å². The largest absolute Gasteiger partial charge is 0.357 e. The number of nitrogens with zero attached hydrogens (tertiary/aromatic N) is 1. The third kappa shape index (κ3) is 1.99. The summed E-state index contributed by atoms with van der Waals surface area (Å²) in [5, 5.41) is 0. The van der Waals surface area contributed by atoms with Crippen LogP contribution in [0.1, 0.15) is 6.92 Å². The second-order valence-corrected chi connectivity index (χ2v) is 3.73. The van der Waals surface area contributed by atoms with Crippen molar-refractivity contribution < 1.29 is 4.79 Å². The van der Waals surface area contributed by atoms with E-state index in [1.807, 2.05) is 49.5 Å². The Morgan fingerprint density at radius 2 is 1.73 bits per heavy atom. The molecular formula is C13H13NO. The molecule has 0 saturated carbocycles. The van der Waals surface area contributed by atoms with Crippen molar-refractivity contribution in [1.82, 2.24) is 4.90 Å². The zero-order chi connectivity index (χ0) is 10.8. The standard InChI is InChI=1S/C13H13NO/c1-10-9-12(15)3-4-13(10)11-5-7-14(2)8-6-11/h3-9H,1-2H3. The SMILES string of the molecule is CC1=CC(=O)C=CC1=C1C=CN(C)C=C1. The minimum absolute atomic E-state index is 0.0673. The molecule has 2 aliphatic rings. The third-order valence-corrected chi connectivity index (χ3v) is 2.49. The lowest BCUT2D eigenvalue weighted by Crippen LogP contribution is -2.05. The molecule has 0 aromatic heterocycles. The lowest BCUT2D eigenvalue weighted by molar-refractivity contribution is -0.110. The Morgan fingerprint density at radius 1 is 1.07 bits per heavy atom. The summed E-state index contributed by atoms with van der Waals surface area (Å²) in [6, 6.07) is 0. The van der Waals surface area contributed by atoms with E-state index in [4.69, 9.17) is 0 Å². The fourth-order valence-corrected chi connectivity index (χ4v) is 1.64. The molecule has 0 bridgehead atoms. The van der Waals surface area contributed by atoms with Crippen molar-refractivity contribution in [2.75, 3.05) is 7.05 Å². The first-order chi connectivity index (χ1) is 7.16. The van der Waals surface area contributed by atoms with Crippen LogP contribution in [0.3, 0.4) is 0 Å². The normalized spacial score (nSPS) is 20.0. The molecule has 0 spiro atoms. The van der Waals surface area contributed by atoms with Gasteiger partial charge in [0.05, 0.1) is 0 Å². The summed E-state index contributed by atoms with van der Waals surface area (Å²) in [6.45, 7) is 1.96. The fraction of sp³-hybridized carbons (Fsp3) is 0.154. The number of hydrogen-bond acceptors (Lipinski definition) is 2. The van der Waals surface area contributed by atoms with Gasteiger partial charge < -0.3 is 4.90 Å². The van der Waals surface area contributed by atoms with Gasteiger partial charge in [-0.3, -0.25) is 4.79 Å². The quantitative estimate of drug-likeness (QED) is 0.597. The van der Waals surface area contributed by atoms with E-state index in [0.29, 0.717) is 0 Å². The molecule has 0 saturated heterocycles. The van der Waals surface area contributed by atoms with E-state index in [0.717, 1.165) is 16.7 Å². The van der Waals surface area contributed by atoms with E-state index in [1.165, 1.54) is 0 Å². The van der Waals surface area contributed by atoms with E-state index < -0.39 is 0 Å². The molecular weight excluding hydrogens is 186 g/mol. The molecule has 0 fully saturated rings. The molecule has 2 rings (SSSR count). The van der Waals surface area contributed by atoms with Gasteiger partial charge in [-0.25, -0.2) is 0 Å². The summed E-state index contributed by atoms with van der Waals surface area (Å²) in [5.74, 6) is 0.0673. The Hall–Kier alpha value is -1.83. The molecule has 2 nitrogen and oxygen atoms in total. The predicted octanol–water partition coefficient (Wildman–Crippen LogP) is 2.34. The van der Waals surface area contributed by atoms with E-state index in [9.17, 15) is 4.79 Å². The van der Waals surface area contributed by atoms with Gasteiger partial charge in [-0.15, -0.1) is 0 Å². The first kappa shape index (κ1) is 9.71. The Morgan fingerprint density at radius 3 is 2.33 bits per heavy atom. The molecule has 1 heterocycles. The fourth-order valence-electron chi connectivity index (χ4n) is 1.64. The number of hydrogen-bond donors (Lipinski definition) is 0. The second-order valence-electron chi connectivity index (χ2n) is 3.73. The predicted molar refractivity (Wildman–Crippen MR) is 61.0 cm³/mol. The van der Waals surface area contributed by atoms with Gasteiger partial charge >= 0.3 is 0 Å². The molecule has 0 unspecified atom stereocenters. The van der Waals surface area contributed by atoms with Crippen molar-refractivity contribution in [3.05, 3.63) is 59.5 Å². The molecule has 15 heavy (non-hydrogen) atoms. The average Bonchev–Trinajstić information content (AvgIpc) is 2.20. The number of carbonyl (C=O) groups is 1. The van der Waals surface area contributed by atoms with Crippen LogP contribution < -0.4 is 0 Å². The molecule has 0 radical (unpaired) electrons. The Bertz CT molecular complexity index is 431. The molecule has 0 atom stereocenters. The average molecular weight is 199 g/mol. The van der Waals surface area contributed by atoms with Gasteiger partial charge in [-0.05, 0) is 47.9 Å². The van der Waals surface area contributed by atoms with Crippen LogP contribution in [0.2, 0.25) is 0 Å². The van der Waals surface area contributed by atoms with Crippen molar-refractivity contribution in [2.24, 2.45) is 0 Å². The zero-order valence-electron chi connectivity index (χ0n) is 8.90. The maximum Gasteiger partial charge on any atom is 0.178 e. The zero-order valence-corrected chi connectivity index (χ0v) is 8.90. The first-order valence-electron chi connectivity index (χ1n) is 4.90. The van der Waals surface area contributed by atoms with Gasteiger partial charge in [0, 0.05) is 19.4 Å². The third-order valence-electron chi connectivity index (χ3n) is 2.49. The van der Waals surface area contributed by atoms with E-state index >= 15 is 0 Å². The van der Waals surface area contributed by atoms with Gasteiger partial charge in [0.1, 0.15) is 0 Å². The number of ketones is 1. The monoisotopic (exact) mass is 199 g/mol. The van der Waals surface area contributed by atoms with Crippen LogP contribution in [-0.4, -0.2) is 17.7 Å². The van der Waals surface area contributed by atoms with Crippen molar-refractivity contribution >= 4 is 5.78 Å². The summed E-state index contributed by atoms with van der Waals surface area (Å²) in [7, 11) is 1.98. The van der Waals surface area contributed by atoms with Crippen LogP contribution in [0.4, 0.5) is 0 Å². The van der Waals surface area contributed by atoms with Gasteiger partial charge in [-0.2, -0.15) is 0 Å². The number of allylic oxidation sites excluding steroid dienone is 8. The Kier molecular flexibility index (Phi) is 2.42. The Balaban J connectivity index is 2.39. The molecule has 2 heteroatoms. The van der Waals surface area contributed by atoms with E-state index in [2.05, 4.69) is 0 Å². The summed E-state index contributed by atoms with van der Waals surface area (Å²) in [5.41, 5.74) is 3.29. The highest BCUT2D eigenvalue weighted by Crippen LogP contribution is 2.23. The number of rotatable bonds is 0. The maximum atomic E-state index is 11.1. The van der Waals surface area contributed by atoms with Crippen LogP contribution in [0.25, 0.3) is 0 Å². The molecule has 0 N–H and O–H groups in total. The first-order valence-corrected chi connectivity index (χ1v) is 4.90. The van der Waals surface area contributed by atoms with E-state index in [-0.39, 0.29) is 5.78 Å². The lowest BCUT2D eigenvalue weighted by atomic mass is 9.95. The van der Waals surface area contributed by atoms with Crippen molar-refractivity contribution in [1.29, 1.82) is 0 Å². The second kappa shape index (κ2) is 3.73. The highest BCUT2D eigenvalue weighted by atomic mass is 16.1. The highest BCUT2D eigenvalue weighted by molar-refractivity contribution is 6.02.